The molecule has 0 saturated carbocycles. The summed E-state index contributed by atoms with van der Waals surface area (Å²) in [6, 6.07) is 7.29. The molecule has 2 amide bonds. The minimum Gasteiger partial charge on any atom is -0.439 e. The summed E-state index contributed by atoms with van der Waals surface area (Å²) < 4.78 is 4.59. The Bertz CT molecular complexity index is 443. The number of benzene rings is 1. The van der Waals surface area contributed by atoms with Gasteiger partial charge in [0, 0.05) is 24.5 Å². The van der Waals surface area contributed by atoms with E-state index in [1.54, 1.807) is 12.1 Å². The first-order chi connectivity index (χ1) is 9.60. The van der Waals surface area contributed by atoms with Crippen LogP contribution in [0.25, 0.3) is 0 Å². The van der Waals surface area contributed by atoms with E-state index in [2.05, 4.69) is 28.8 Å². The van der Waals surface area contributed by atoms with E-state index < -0.39 is 18.6 Å². The third-order valence-electron chi connectivity index (χ3n) is 2.70. The molecule has 0 aliphatic carbocycles. The van der Waals surface area contributed by atoms with Gasteiger partial charge in [-0.1, -0.05) is 0 Å². The van der Waals surface area contributed by atoms with Crippen molar-refractivity contribution in [2.24, 2.45) is 0 Å². The van der Waals surface area contributed by atoms with Gasteiger partial charge in [-0.3, -0.25) is 15.3 Å². The first-order valence-corrected chi connectivity index (χ1v) is 6.32. The van der Waals surface area contributed by atoms with Crippen LogP contribution in [-0.2, 0) is 9.53 Å². The number of nitrogens with one attached hydrogen (secondary N) is 2. The monoisotopic (exact) mass is 281 g/mol. The third kappa shape index (κ3) is 4.77. The van der Waals surface area contributed by atoms with Crippen molar-refractivity contribution in [1.82, 2.24) is 5.48 Å². The fraction of sp³-hybridized carbons (Fsp3) is 0.385. The molecule has 110 valence electrons. The summed E-state index contributed by atoms with van der Waals surface area (Å²) in [7, 11) is 0. The van der Waals surface area contributed by atoms with E-state index in [1.165, 1.54) is 5.48 Å². The summed E-state index contributed by atoms with van der Waals surface area (Å²) in [6.07, 6.45) is -0.760. The van der Waals surface area contributed by atoms with Crippen molar-refractivity contribution in [3.8, 4) is 0 Å². The van der Waals surface area contributed by atoms with Crippen molar-refractivity contribution in [3.63, 3.8) is 0 Å². The maximum atomic E-state index is 11.4. The van der Waals surface area contributed by atoms with Crippen LogP contribution < -0.4 is 15.7 Å². The van der Waals surface area contributed by atoms with E-state index in [4.69, 9.17) is 5.21 Å². The molecule has 7 heteroatoms. The number of rotatable bonds is 6. The third-order valence-corrected chi connectivity index (χ3v) is 2.70. The average molecular weight is 281 g/mol. The summed E-state index contributed by atoms with van der Waals surface area (Å²) in [6.45, 7) is 5.40. The fourth-order valence-electron chi connectivity index (χ4n) is 1.66. The highest BCUT2D eigenvalue weighted by Gasteiger charge is 2.07. The highest BCUT2D eigenvalue weighted by atomic mass is 16.6. The maximum absolute atomic E-state index is 11.4. The van der Waals surface area contributed by atoms with Crippen molar-refractivity contribution in [1.29, 1.82) is 0 Å². The zero-order valence-electron chi connectivity index (χ0n) is 11.5. The van der Waals surface area contributed by atoms with Crippen LogP contribution in [0.4, 0.5) is 16.2 Å². The highest BCUT2D eigenvalue weighted by molar-refractivity contribution is 5.87. The molecule has 7 nitrogen and oxygen atoms in total. The standard InChI is InChI=1S/C13H19N3O4/c1-3-16(4-2)11-7-5-10(6-8-11)14-13(18)20-9-12(17)15-19/h5-8,19H,3-4,9H2,1-2H3,(H,14,18)(H,15,17). The average Bonchev–Trinajstić information content (AvgIpc) is 2.47. The lowest BCUT2D eigenvalue weighted by molar-refractivity contribution is -0.132. The Labute approximate surface area is 117 Å². The Morgan fingerprint density at radius 2 is 1.80 bits per heavy atom. The predicted molar refractivity (Wildman–Crippen MR) is 74.9 cm³/mol. The molecule has 1 aromatic carbocycles. The van der Waals surface area contributed by atoms with E-state index in [0.717, 1.165) is 18.8 Å². The number of amides is 2. The zero-order valence-corrected chi connectivity index (χ0v) is 11.5. The van der Waals surface area contributed by atoms with Gasteiger partial charge < -0.3 is 9.64 Å². The lowest BCUT2D eigenvalue weighted by Gasteiger charge is -2.21. The minimum absolute atomic E-state index is 0.542. The highest BCUT2D eigenvalue weighted by Crippen LogP contribution is 2.17. The number of hydroxylamine groups is 1. The Kier molecular flexibility index (Phi) is 6.31. The molecule has 0 fully saturated rings. The number of hydrogen-bond donors (Lipinski definition) is 3. The van der Waals surface area contributed by atoms with Crippen molar-refractivity contribution in [3.05, 3.63) is 24.3 Å². The van der Waals surface area contributed by atoms with Crippen LogP contribution in [0, 0.1) is 0 Å². The normalized spacial score (nSPS) is 9.75. The molecule has 0 aliphatic rings. The smallest absolute Gasteiger partial charge is 0.412 e. The molecule has 0 aliphatic heterocycles. The van der Waals surface area contributed by atoms with Crippen LogP contribution in [0.15, 0.2) is 24.3 Å². The first-order valence-electron chi connectivity index (χ1n) is 6.32. The van der Waals surface area contributed by atoms with Crippen LogP contribution in [0.3, 0.4) is 0 Å². The first kappa shape index (κ1) is 15.8. The number of ether oxygens (including phenoxy) is 1. The fourth-order valence-corrected chi connectivity index (χ4v) is 1.66. The molecule has 1 aromatic rings. The van der Waals surface area contributed by atoms with Crippen LogP contribution in [0.1, 0.15) is 13.8 Å². The lowest BCUT2D eigenvalue weighted by Crippen LogP contribution is -2.27. The molecule has 0 radical (unpaired) electrons. The molecule has 0 spiro atoms. The van der Waals surface area contributed by atoms with Gasteiger partial charge in [0.25, 0.3) is 5.91 Å². The molecule has 1 rings (SSSR count). The van der Waals surface area contributed by atoms with Crippen LogP contribution >= 0.6 is 0 Å². The van der Waals surface area contributed by atoms with Crippen molar-refractivity contribution in [2.75, 3.05) is 29.9 Å². The molecule has 0 aromatic heterocycles. The zero-order chi connectivity index (χ0) is 15.0. The van der Waals surface area contributed by atoms with Gasteiger partial charge in [-0.15, -0.1) is 0 Å². The van der Waals surface area contributed by atoms with E-state index >= 15 is 0 Å². The molecule has 0 atom stereocenters. The van der Waals surface area contributed by atoms with Gasteiger partial charge in [-0.2, -0.15) is 0 Å². The summed E-state index contributed by atoms with van der Waals surface area (Å²) in [4.78, 5) is 24.2. The van der Waals surface area contributed by atoms with Crippen molar-refractivity contribution in [2.45, 2.75) is 13.8 Å². The number of carbonyl (C=O) groups excluding carboxylic acids is 2. The Morgan fingerprint density at radius 3 is 2.30 bits per heavy atom. The summed E-state index contributed by atoms with van der Waals surface area (Å²) >= 11 is 0. The number of anilines is 2. The number of hydrogen-bond acceptors (Lipinski definition) is 5. The quantitative estimate of drug-likeness (QED) is 0.544. The Morgan fingerprint density at radius 1 is 1.20 bits per heavy atom. The second-order valence-electron chi connectivity index (χ2n) is 3.96. The summed E-state index contributed by atoms with van der Waals surface area (Å²) in [5, 5.41) is 10.7. The number of carbonyl (C=O) groups is 2. The van der Waals surface area contributed by atoms with Gasteiger partial charge in [-0.05, 0) is 38.1 Å². The van der Waals surface area contributed by atoms with Crippen LogP contribution in [0.5, 0.6) is 0 Å². The lowest BCUT2D eigenvalue weighted by atomic mass is 10.2. The van der Waals surface area contributed by atoms with Gasteiger partial charge >= 0.3 is 6.09 Å². The van der Waals surface area contributed by atoms with E-state index in [-0.39, 0.29) is 0 Å². The SMILES string of the molecule is CCN(CC)c1ccc(NC(=O)OCC(=O)NO)cc1. The second kappa shape index (κ2) is 8.00. The van der Waals surface area contributed by atoms with Crippen LogP contribution in [0.2, 0.25) is 0 Å². The van der Waals surface area contributed by atoms with Crippen molar-refractivity contribution >= 4 is 23.4 Å². The maximum Gasteiger partial charge on any atom is 0.412 e. The van der Waals surface area contributed by atoms with Gasteiger partial charge in [-0.25, -0.2) is 10.3 Å². The van der Waals surface area contributed by atoms with Crippen molar-refractivity contribution < 1.29 is 19.5 Å². The predicted octanol–water partition coefficient (Wildman–Crippen LogP) is 1.59. The van der Waals surface area contributed by atoms with Gasteiger partial charge in [0.2, 0.25) is 0 Å². The molecule has 0 unspecified atom stereocenters. The van der Waals surface area contributed by atoms with E-state index in [0.29, 0.717) is 5.69 Å². The van der Waals surface area contributed by atoms with Gasteiger partial charge in [0.05, 0.1) is 0 Å². The summed E-state index contributed by atoms with van der Waals surface area (Å²) in [5.41, 5.74) is 3.00. The largest absolute Gasteiger partial charge is 0.439 e. The van der Waals surface area contributed by atoms with Gasteiger partial charge in [0.15, 0.2) is 6.61 Å². The van der Waals surface area contributed by atoms with E-state index in [9.17, 15) is 9.59 Å². The molecule has 20 heavy (non-hydrogen) atoms. The number of nitrogens with zero attached hydrogens (tertiary/aromatic N) is 1. The minimum atomic E-state index is -0.794. The molecular formula is C13H19N3O4. The molecule has 0 heterocycles. The second-order valence-corrected chi connectivity index (χ2v) is 3.96. The molecule has 3 N–H and O–H groups in total. The molecular weight excluding hydrogens is 262 g/mol. The topological polar surface area (TPSA) is 90.9 Å². The Hall–Kier alpha value is -2.28. The molecule has 0 bridgehead atoms. The summed E-state index contributed by atoms with van der Waals surface area (Å²) in [5.74, 6) is -0.794. The van der Waals surface area contributed by atoms with E-state index in [1.807, 2.05) is 12.1 Å². The Balaban J connectivity index is 2.52. The molecule has 0 saturated heterocycles. The van der Waals surface area contributed by atoms with Gasteiger partial charge in [0.1, 0.15) is 0 Å². The van der Waals surface area contributed by atoms with Crippen LogP contribution in [-0.4, -0.2) is 36.9 Å².